The lowest BCUT2D eigenvalue weighted by Gasteiger charge is -2.24. The van der Waals surface area contributed by atoms with Crippen LogP contribution in [-0.4, -0.2) is 47.1 Å². The summed E-state index contributed by atoms with van der Waals surface area (Å²) in [7, 11) is 1.64. The van der Waals surface area contributed by atoms with E-state index in [1.807, 2.05) is 44.2 Å². The first-order valence-electron chi connectivity index (χ1n) is 8.47. The first-order chi connectivity index (χ1) is 12.3. The lowest BCUT2D eigenvalue weighted by Crippen LogP contribution is -2.40. The quantitative estimate of drug-likeness (QED) is 0.626. The second-order valence-corrected chi connectivity index (χ2v) is 6.48. The fourth-order valence-corrected chi connectivity index (χ4v) is 2.63. The van der Waals surface area contributed by atoms with Crippen molar-refractivity contribution in [2.24, 2.45) is 0 Å². The topological polar surface area (TPSA) is 114 Å². The molecule has 0 radical (unpaired) electrons. The predicted molar refractivity (Wildman–Crippen MR) is 102 cm³/mol. The molecule has 0 fully saturated rings. The highest BCUT2D eigenvalue weighted by Gasteiger charge is 2.19. The molecule has 0 bridgehead atoms. The molecule has 1 atom stereocenters. The van der Waals surface area contributed by atoms with Crippen LogP contribution in [0.15, 0.2) is 39.9 Å². The number of ether oxygens (including phenoxy) is 1. The van der Waals surface area contributed by atoms with Crippen LogP contribution in [0, 0.1) is 0 Å². The maximum atomic E-state index is 12.3. The number of H-pyrrole nitrogens is 1. The van der Waals surface area contributed by atoms with E-state index in [0.717, 1.165) is 5.56 Å². The second-order valence-electron chi connectivity index (χ2n) is 6.48. The third-order valence-electron chi connectivity index (χ3n) is 3.89. The highest BCUT2D eigenvalue weighted by atomic mass is 16.5. The molecule has 0 spiro atoms. The van der Waals surface area contributed by atoms with Gasteiger partial charge in [0.25, 0.3) is 5.56 Å². The fraction of sp³-hybridized carbons (Fsp3) is 0.444. The standard InChI is InChI=1S/C18H26N4O4/c1-12(2)26-11-14(23)10-21(3)15-16(19)22(18(25)20-17(15)24)9-13-7-5-4-6-8-13/h4-8,12,14,23H,9-11,19H2,1-3H3,(H,20,24,25). The van der Waals surface area contributed by atoms with E-state index in [0.29, 0.717) is 0 Å². The van der Waals surface area contributed by atoms with Gasteiger partial charge < -0.3 is 20.5 Å². The van der Waals surface area contributed by atoms with Crippen molar-refractivity contribution in [3.63, 3.8) is 0 Å². The van der Waals surface area contributed by atoms with E-state index >= 15 is 0 Å². The Hall–Kier alpha value is -2.58. The second kappa shape index (κ2) is 8.68. The number of nitrogens with zero attached hydrogens (tertiary/aromatic N) is 2. The molecule has 0 saturated heterocycles. The molecule has 26 heavy (non-hydrogen) atoms. The van der Waals surface area contributed by atoms with Crippen LogP contribution in [-0.2, 0) is 11.3 Å². The Kier molecular flexibility index (Phi) is 6.59. The lowest BCUT2D eigenvalue weighted by molar-refractivity contribution is 0.00925. The summed E-state index contributed by atoms with van der Waals surface area (Å²) in [5, 5.41) is 10.1. The predicted octanol–water partition coefficient (Wildman–Crippen LogP) is 0.389. The van der Waals surface area contributed by atoms with Crippen LogP contribution in [0.3, 0.4) is 0 Å². The van der Waals surface area contributed by atoms with Crippen LogP contribution in [0.2, 0.25) is 0 Å². The molecule has 142 valence electrons. The van der Waals surface area contributed by atoms with Crippen molar-refractivity contribution in [3.8, 4) is 0 Å². The summed E-state index contributed by atoms with van der Waals surface area (Å²) < 4.78 is 6.68. The van der Waals surface area contributed by atoms with Gasteiger partial charge in [-0.1, -0.05) is 30.3 Å². The Labute approximate surface area is 151 Å². The number of nitrogens with two attached hydrogens (primary N) is 1. The molecule has 0 saturated carbocycles. The van der Waals surface area contributed by atoms with Gasteiger partial charge in [0.15, 0.2) is 0 Å². The monoisotopic (exact) mass is 362 g/mol. The number of rotatable bonds is 8. The van der Waals surface area contributed by atoms with Crippen LogP contribution in [0.1, 0.15) is 19.4 Å². The van der Waals surface area contributed by atoms with E-state index in [1.54, 1.807) is 7.05 Å². The van der Waals surface area contributed by atoms with E-state index in [2.05, 4.69) is 4.98 Å². The largest absolute Gasteiger partial charge is 0.389 e. The molecule has 0 aliphatic carbocycles. The van der Waals surface area contributed by atoms with Crippen molar-refractivity contribution >= 4 is 11.5 Å². The number of aromatic amines is 1. The smallest absolute Gasteiger partial charge is 0.330 e. The number of nitrogen functional groups attached to an aromatic ring is 1. The average Bonchev–Trinajstić information content (AvgIpc) is 2.57. The van der Waals surface area contributed by atoms with Gasteiger partial charge in [0.2, 0.25) is 0 Å². The Bertz CT molecular complexity index is 829. The van der Waals surface area contributed by atoms with Gasteiger partial charge in [-0.3, -0.25) is 14.3 Å². The third-order valence-corrected chi connectivity index (χ3v) is 3.89. The van der Waals surface area contributed by atoms with Gasteiger partial charge in [0.05, 0.1) is 25.4 Å². The summed E-state index contributed by atoms with van der Waals surface area (Å²) >= 11 is 0. The summed E-state index contributed by atoms with van der Waals surface area (Å²) in [5.41, 5.74) is 5.99. The molecule has 1 unspecified atom stereocenters. The molecular weight excluding hydrogens is 336 g/mol. The Morgan fingerprint density at radius 3 is 2.54 bits per heavy atom. The number of aromatic nitrogens is 2. The van der Waals surface area contributed by atoms with E-state index < -0.39 is 17.4 Å². The van der Waals surface area contributed by atoms with Crippen molar-refractivity contribution in [1.82, 2.24) is 9.55 Å². The van der Waals surface area contributed by atoms with Gasteiger partial charge in [0.1, 0.15) is 11.5 Å². The third kappa shape index (κ3) is 4.96. The Morgan fingerprint density at radius 2 is 1.92 bits per heavy atom. The number of aliphatic hydroxyl groups is 1. The van der Waals surface area contributed by atoms with E-state index in [1.165, 1.54) is 9.47 Å². The number of hydrogen-bond acceptors (Lipinski definition) is 6. The number of nitrogens with one attached hydrogen (secondary N) is 1. The summed E-state index contributed by atoms with van der Waals surface area (Å²) in [6.45, 7) is 4.27. The van der Waals surface area contributed by atoms with Gasteiger partial charge in [-0.25, -0.2) is 4.79 Å². The first-order valence-corrected chi connectivity index (χ1v) is 8.47. The number of likely N-dealkylation sites (N-methyl/N-ethyl adjacent to an activating group) is 1. The van der Waals surface area contributed by atoms with Crippen LogP contribution < -0.4 is 21.9 Å². The molecule has 1 heterocycles. The number of hydrogen-bond donors (Lipinski definition) is 3. The number of aliphatic hydroxyl groups excluding tert-OH is 1. The lowest BCUT2D eigenvalue weighted by atomic mass is 10.2. The van der Waals surface area contributed by atoms with Gasteiger partial charge >= 0.3 is 5.69 Å². The minimum atomic E-state index is -0.796. The molecule has 0 amide bonds. The SMILES string of the molecule is CC(C)OCC(O)CN(C)c1c(N)n(Cc2ccccc2)c(=O)[nH]c1=O. The molecule has 0 aliphatic heterocycles. The number of anilines is 2. The number of benzene rings is 1. The van der Waals surface area contributed by atoms with E-state index in [-0.39, 0.29) is 37.3 Å². The summed E-state index contributed by atoms with van der Waals surface area (Å²) in [6, 6.07) is 9.34. The molecule has 8 heteroatoms. The molecule has 2 rings (SSSR count). The molecular formula is C18H26N4O4. The van der Waals surface area contributed by atoms with Gasteiger partial charge in [0, 0.05) is 13.6 Å². The maximum absolute atomic E-state index is 12.3. The zero-order valence-electron chi connectivity index (χ0n) is 15.3. The van der Waals surface area contributed by atoms with Crippen LogP contribution in [0.5, 0.6) is 0 Å². The summed E-state index contributed by atoms with van der Waals surface area (Å²) in [4.78, 5) is 28.3. The molecule has 2 aromatic rings. The normalized spacial score (nSPS) is 12.3. The molecule has 0 aliphatic rings. The summed E-state index contributed by atoms with van der Waals surface area (Å²) in [6.07, 6.45) is -0.799. The average molecular weight is 362 g/mol. The van der Waals surface area contributed by atoms with Gasteiger partial charge in [-0.05, 0) is 19.4 Å². The van der Waals surface area contributed by atoms with Gasteiger partial charge in [-0.15, -0.1) is 0 Å². The molecule has 8 nitrogen and oxygen atoms in total. The minimum absolute atomic E-state index is 0.00351. The minimum Gasteiger partial charge on any atom is -0.389 e. The molecule has 1 aromatic carbocycles. The van der Waals surface area contributed by atoms with E-state index in [9.17, 15) is 14.7 Å². The van der Waals surface area contributed by atoms with Crippen molar-refractivity contribution in [2.45, 2.75) is 32.6 Å². The van der Waals surface area contributed by atoms with Crippen molar-refractivity contribution in [3.05, 3.63) is 56.7 Å². The van der Waals surface area contributed by atoms with Crippen LogP contribution >= 0.6 is 0 Å². The zero-order chi connectivity index (χ0) is 19.3. The van der Waals surface area contributed by atoms with Crippen LogP contribution in [0.25, 0.3) is 0 Å². The zero-order valence-corrected chi connectivity index (χ0v) is 15.3. The first kappa shape index (κ1) is 19.7. The van der Waals surface area contributed by atoms with E-state index in [4.69, 9.17) is 10.5 Å². The summed E-state index contributed by atoms with van der Waals surface area (Å²) in [5.74, 6) is 0.0575. The molecule has 1 aromatic heterocycles. The molecule has 4 N–H and O–H groups in total. The van der Waals surface area contributed by atoms with Gasteiger partial charge in [-0.2, -0.15) is 0 Å². The maximum Gasteiger partial charge on any atom is 0.330 e. The fourth-order valence-electron chi connectivity index (χ4n) is 2.63. The Balaban J connectivity index is 2.27. The van der Waals surface area contributed by atoms with Crippen molar-refractivity contribution in [1.29, 1.82) is 0 Å². The highest BCUT2D eigenvalue weighted by molar-refractivity contribution is 5.62. The highest BCUT2D eigenvalue weighted by Crippen LogP contribution is 2.16. The van der Waals surface area contributed by atoms with Crippen LogP contribution in [0.4, 0.5) is 11.5 Å². The Morgan fingerprint density at radius 1 is 1.27 bits per heavy atom. The van der Waals surface area contributed by atoms with Crippen molar-refractivity contribution < 1.29 is 9.84 Å². The van der Waals surface area contributed by atoms with Crippen molar-refractivity contribution in [2.75, 3.05) is 30.8 Å².